The van der Waals surface area contributed by atoms with Crippen molar-refractivity contribution in [2.45, 2.75) is 38.5 Å². The molecule has 1 N–H and O–H groups in total. The Hall–Kier alpha value is -1.14. The number of sulfone groups is 1. The Morgan fingerprint density at radius 2 is 1.95 bits per heavy atom. The van der Waals surface area contributed by atoms with E-state index in [1.165, 1.54) is 19.1 Å². The Kier molecular flexibility index (Phi) is 5.15. The molecule has 1 aromatic carbocycles. The highest BCUT2D eigenvalue weighted by Crippen LogP contribution is 2.26. The van der Waals surface area contributed by atoms with Crippen molar-refractivity contribution in [1.29, 1.82) is 0 Å². The highest BCUT2D eigenvalue weighted by Gasteiger charge is 2.28. The van der Waals surface area contributed by atoms with E-state index in [1.807, 2.05) is 0 Å². The van der Waals surface area contributed by atoms with E-state index >= 15 is 0 Å². The first-order valence-electron chi connectivity index (χ1n) is 6.37. The molecule has 0 amide bonds. The molecule has 4 nitrogen and oxygen atoms in total. The predicted molar refractivity (Wildman–Crippen MR) is 76.1 cm³/mol. The first kappa shape index (κ1) is 16.9. The Labute approximate surface area is 119 Å². The van der Waals surface area contributed by atoms with Crippen LogP contribution in [0.25, 0.3) is 0 Å². The third-order valence-corrected chi connectivity index (χ3v) is 5.54. The van der Waals surface area contributed by atoms with Crippen LogP contribution < -0.4 is 4.74 Å². The van der Waals surface area contributed by atoms with Crippen molar-refractivity contribution < 1.29 is 22.7 Å². The Morgan fingerprint density at radius 1 is 1.35 bits per heavy atom. The van der Waals surface area contributed by atoms with Gasteiger partial charge in [-0.25, -0.2) is 12.8 Å². The Bertz CT molecular complexity index is 559. The summed E-state index contributed by atoms with van der Waals surface area (Å²) >= 11 is 0. The van der Waals surface area contributed by atoms with Gasteiger partial charge < -0.3 is 9.84 Å². The lowest BCUT2D eigenvalue weighted by Crippen LogP contribution is -2.32. The van der Waals surface area contributed by atoms with E-state index in [0.717, 1.165) is 6.07 Å². The molecular weight excluding hydrogens is 283 g/mol. The number of rotatable bonds is 5. The number of aliphatic hydroxyl groups is 1. The van der Waals surface area contributed by atoms with E-state index in [-0.39, 0.29) is 18.1 Å². The fourth-order valence-corrected chi connectivity index (χ4v) is 2.46. The first-order chi connectivity index (χ1) is 9.04. The van der Waals surface area contributed by atoms with Crippen molar-refractivity contribution in [3.8, 4) is 5.75 Å². The minimum atomic E-state index is -3.29. The second kappa shape index (κ2) is 6.10. The molecular formula is C14H21FO4S. The van der Waals surface area contributed by atoms with Gasteiger partial charge in [0.25, 0.3) is 0 Å². The van der Waals surface area contributed by atoms with Crippen LogP contribution in [0.4, 0.5) is 4.39 Å². The molecule has 6 heteroatoms. The average molecular weight is 304 g/mol. The first-order valence-corrected chi connectivity index (χ1v) is 8.02. The second-order valence-corrected chi connectivity index (χ2v) is 8.50. The standard InChI is InChI=1S/C14H21FO4S/c1-10(16)12-6-5-11(15)9-13(12)19-7-8-20(17,18)14(2,3)4/h5-6,9-10,16H,7-8H2,1-4H3. The highest BCUT2D eigenvalue weighted by molar-refractivity contribution is 7.92. The summed E-state index contributed by atoms with van der Waals surface area (Å²) < 4.78 is 41.5. The lowest BCUT2D eigenvalue weighted by molar-refractivity contribution is 0.192. The lowest BCUT2D eigenvalue weighted by Gasteiger charge is -2.20. The normalized spacial score (nSPS) is 14.1. The zero-order valence-electron chi connectivity index (χ0n) is 12.2. The molecule has 1 atom stereocenters. The van der Waals surface area contributed by atoms with Gasteiger partial charge in [-0.05, 0) is 39.8 Å². The van der Waals surface area contributed by atoms with Gasteiger partial charge in [-0.1, -0.05) is 0 Å². The molecule has 0 aliphatic carbocycles. The smallest absolute Gasteiger partial charge is 0.158 e. The van der Waals surface area contributed by atoms with Crippen molar-refractivity contribution in [2.75, 3.05) is 12.4 Å². The van der Waals surface area contributed by atoms with Crippen molar-refractivity contribution in [2.24, 2.45) is 0 Å². The molecule has 0 aliphatic rings. The fourth-order valence-electron chi connectivity index (χ4n) is 1.55. The van der Waals surface area contributed by atoms with Crippen LogP contribution in [0.15, 0.2) is 18.2 Å². The zero-order chi connectivity index (χ0) is 15.6. The molecule has 0 aromatic heterocycles. The van der Waals surface area contributed by atoms with Crippen molar-refractivity contribution in [3.05, 3.63) is 29.6 Å². The summed E-state index contributed by atoms with van der Waals surface area (Å²) in [5.74, 6) is -0.487. The Morgan fingerprint density at radius 3 is 2.45 bits per heavy atom. The summed E-state index contributed by atoms with van der Waals surface area (Å²) in [6.07, 6.45) is -0.815. The molecule has 0 fully saturated rings. The largest absolute Gasteiger partial charge is 0.492 e. The van der Waals surface area contributed by atoms with Gasteiger partial charge in [-0.3, -0.25) is 0 Å². The van der Waals surface area contributed by atoms with Crippen molar-refractivity contribution in [1.82, 2.24) is 0 Å². The molecule has 20 heavy (non-hydrogen) atoms. The van der Waals surface area contributed by atoms with Crippen LogP contribution in [0.3, 0.4) is 0 Å². The average Bonchev–Trinajstić information content (AvgIpc) is 2.26. The number of aliphatic hydroxyl groups excluding tert-OH is 1. The van der Waals surface area contributed by atoms with Gasteiger partial charge in [0.2, 0.25) is 0 Å². The van der Waals surface area contributed by atoms with Crippen LogP contribution in [0.5, 0.6) is 5.75 Å². The van der Waals surface area contributed by atoms with Crippen LogP contribution in [0, 0.1) is 5.82 Å². The highest BCUT2D eigenvalue weighted by atomic mass is 32.2. The molecule has 0 spiro atoms. The predicted octanol–water partition coefficient (Wildman–Crippen LogP) is 2.47. The fraction of sp³-hybridized carbons (Fsp3) is 0.571. The van der Waals surface area contributed by atoms with Crippen LogP contribution in [-0.4, -0.2) is 30.6 Å². The van der Waals surface area contributed by atoms with Gasteiger partial charge >= 0.3 is 0 Å². The lowest BCUT2D eigenvalue weighted by atomic mass is 10.1. The quantitative estimate of drug-likeness (QED) is 0.907. The van der Waals surface area contributed by atoms with Gasteiger partial charge in [0.05, 0.1) is 16.6 Å². The number of hydrogen-bond donors (Lipinski definition) is 1. The van der Waals surface area contributed by atoms with Crippen molar-refractivity contribution in [3.63, 3.8) is 0 Å². The van der Waals surface area contributed by atoms with Gasteiger partial charge in [-0.15, -0.1) is 0 Å². The molecule has 1 rings (SSSR count). The molecule has 0 bridgehead atoms. The molecule has 0 saturated carbocycles. The van der Waals surface area contributed by atoms with Gasteiger partial charge in [-0.2, -0.15) is 0 Å². The van der Waals surface area contributed by atoms with E-state index in [0.29, 0.717) is 5.56 Å². The number of halogens is 1. The molecule has 0 saturated heterocycles. The molecule has 1 unspecified atom stereocenters. The summed E-state index contributed by atoms with van der Waals surface area (Å²) in [4.78, 5) is 0. The van der Waals surface area contributed by atoms with E-state index in [9.17, 15) is 17.9 Å². The molecule has 0 aliphatic heterocycles. The van der Waals surface area contributed by atoms with E-state index in [2.05, 4.69) is 0 Å². The van der Waals surface area contributed by atoms with E-state index < -0.39 is 26.5 Å². The zero-order valence-corrected chi connectivity index (χ0v) is 13.0. The third-order valence-electron chi connectivity index (χ3n) is 2.97. The summed E-state index contributed by atoms with van der Waals surface area (Å²) in [7, 11) is -3.29. The monoisotopic (exact) mass is 304 g/mol. The minimum absolute atomic E-state index is 0.0806. The summed E-state index contributed by atoms with van der Waals surface area (Å²) in [6, 6.07) is 3.79. The molecule has 0 radical (unpaired) electrons. The molecule has 114 valence electrons. The number of hydrogen-bond acceptors (Lipinski definition) is 4. The number of ether oxygens (including phenoxy) is 1. The maximum absolute atomic E-state index is 13.2. The summed E-state index contributed by atoms with van der Waals surface area (Å²) in [5.41, 5.74) is 0.430. The van der Waals surface area contributed by atoms with Crippen LogP contribution in [0.2, 0.25) is 0 Å². The maximum atomic E-state index is 13.2. The maximum Gasteiger partial charge on any atom is 0.158 e. The van der Waals surface area contributed by atoms with Crippen LogP contribution in [0.1, 0.15) is 39.4 Å². The number of benzene rings is 1. The van der Waals surface area contributed by atoms with Gasteiger partial charge in [0, 0.05) is 11.6 Å². The summed E-state index contributed by atoms with van der Waals surface area (Å²) in [5, 5.41) is 9.56. The van der Waals surface area contributed by atoms with Gasteiger partial charge in [0.15, 0.2) is 9.84 Å². The summed E-state index contributed by atoms with van der Waals surface area (Å²) in [6.45, 7) is 6.30. The van der Waals surface area contributed by atoms with Crippen molar-refractivity contribution >= 4 is 9.84 Å². The SMILES string of the molecule is CC(O)c1ccc(F)cc1OCCS(=O)(=O)C(C)(C)C. The van der Waals surface area contributed by atoms with Crippen LogP contribution >= 0.6 is 0 Å². The minimum Gasteiger partial charge on any atom is -0.492 e. The van der Waals surface area contributed by atoms with E-state index in [1.54, 1.807) is 20.8 Å². The van der Waals surface area contributed by atoms with Crippen LogP contribution in [-0.2, 0) is 9.84 Å². The Balaban J connectivity index is 2.79. The second-order valence-electron chi connectivity index (χ2n) is 5.64. The third kappa shape index (κ3) is 4.18. The topological polar surface area (TPSA) is 63.6 Å². The molecule has 1 aromatic rings. The molecule has 0 heterocycles. The van der Waals surface area contributed by atoms with E-state index in [4.69, 9.17) is 4.74 Å². The van der Waals surface area contributed by atoms with Gasteiger partial charge in [0.1, 0.15) is 18.2 Å².